The summed E-state index contributed by atoms with van der Waals surface area (Å²) in [5, 5.41) is 1.04. The molecule has 2 aromatic heterocycles. The van der Waals surface area contributed by atoms with Crippen molar-refractivity contribution in [1.29, 1.82) is 0 Å². The smallest absolute Gasteiger partial charge is 0.314 e. The van der Waals surface area contributed by atoms with Gasteiger partial charge in [-0.25, -0.2) is 14.8 Å². The molecule has 3 aromatic rings. The van der Waals surface area contributed by atoms with Crippen LogP contribution in [0.1, 0.15) is 24.8 Å². The Bertz CT molecular complexity index is 1060. The topological polar surface area (TPSA) is 81.3 Å². The molecule has 1 spiro atoms. The quantitative estimate of drug-likeness (QED) is 0.706. The summed E-state index contributed by atoms with van der Waals surface area (Å²) in [6.07, 6.45) is 7.24. The van der Waals surface area contributed by atoms with Gasteiger partial charge in [-0.3, -0.25) is 0 Å². The predicted molar refractivity (Wildman–Crippen MR) is 107 cm³/mol. The first kappa shape index (κ1) is 17.0. The number of hydrogen-bond acceptors (Lipinski definition) is 4. The Hall–Kier alpha value is -3.15. The number of hydrogen-bond donors (Lipinski definition) is 1. The van der Waals surface area contributed by atoms with Crippen LogP contribution in [-0.4, -0.2) is 39.6 Å². The van der Waals surface area contributed by atoms with Crippen molar-refractivity contribution >= 4 is 17.1 Å². The minimum atomic E-state index is -0.338. The van der Waals surface area contributed by atoms with Crippen molar-refractivity contribution in [2.24, 2.45) is 5.73 Å². The van der Waals surface area contributed by atoms with Crippen molar-refractivity contribution in [3.63, 3.8) is 0 Å². The van der Waals surface area contributed by atoms with Gasteiger partial charge in [0, 0.05) is 49.3 Å². The average Bonchev–Trinajstić information content (AvgIpc) is 2.73. The van der Waals surface area contributed by atoms with Crippen molar-refractivity contribution in [3.05, 3.63) is 54.4 Å². The number of amides is 2. The molecule has 2 aliphatic heterocycles. The number of benzene rings is 1. The fourth-order valence-electron chi connectivity index (χ4n) is 4.31. The van der Waals surface area contributed by atoms with E-state index in [1.807, 2.05) is 18.3 Å². The fraction of sp³-hybridized carbons (Fsp3) is 0.318. The Labute approximate surface area is 163 Å². The molecular weight excluding hydrogens is 352 g/mol. The van der Waals surface area contributed by atoms with Gasteiger partial charge >= 0.3 is 6.03 Å². The number of rotatable bonds is 1. The average molecular weight is 374 g/mol. The van der Waals surface area contributed by atoms with Crippen LogP contribution in [0, 0.1) is 0 Å². The molecule has 1 saturated heterocycles. The van der Waals surface area contributed by atoms with E-state index in [4.69, 9.17) is 10.5 Å². The van der Waals surface area contributed by atoms with Crippen LogP contribution in [0.15, 0.2) is 48.8 Å². The summed E-state index contributed by atoms with van der Waals surface area (Å²) in [7, 11) is 0. The number of carbonyl (C=O) groups excluding carboxylic acids is 1. The number of nitrogens with two attached hydrogens (primary N) is 1. The summed E-state index contributed by atoms with van der Waals surface area (Å²) < 4.78 is 6.45. The maximum atomic E-state index is 11.4. The third-order valence-electron chi connectivity index (χ3n) is 6.01. The molecule has 6 heteroatoms. The molecule has 2 aliphatic rings. The molecule has 6 nitrogen and oxygen atoms in total. The first-order valence-corrected chi connectivity index (χ1v) is 9.69. The lowest BCUT2D eigenvalue weighted by atomic mass is 9.82. The van der Waals surface area contributed by atoms with E-state index < -0.39 is 0 Å². The van der Waals surface area contributed by atoms with Crippen molar-refractivity contribution in [3.8, 4) is 16.9 Å². The summed E-state index contributed by atoms with van der Waals surface area (Å²) >= 11 is 0. The second-order valence-electron chi connectivity index (χ2n) is 7.71. The number of urea groups is 1. The number of likely N-dealkylation sites (tertiary alicyclic amines) is 1. The van der Waals surface area contributed by atoms with Crippen LogP contribution >= 0.6 is 0 Å². The Morgan fingerprint density at radius 3 is 2.75 bits per heavy atom. The lowest BCUT2D eigenvalue weighted by Gasteiger charge is -2.44. The van der Waals surface area contributed by atoms with E-state index >= 15 is 0 Å². The van der Waals surface area contributed by atoms with E-state index in [1.54, 1.807) is 11.1 Å². The lowest BCUT2D eigenvalue weighted by Crippen LogP contribution is -2.52. The van der Waals surface area contributed by atoms with Crippen LogP contribution in [0.25, 0.3) is 22.2 Å². The zero-order valence-corrected chi connectivity index (χ0v) is 15.6. The number of ether oxygens (including phenoxy) is 1. The van der Waals surface area contributed by atoms with E-state index in [0.29, 0.717) is 13.1 Å². The van der Waals surface area contributed by atoms with Crippen molar-refractivity contribution < 1.29 is 9.53 Å². The summed E-state index contributed by atoms with van der Waals surface area (Å²) in [5.74, 6) is 0.956. The highest BCUT2D eigenvalue weighted by atomic mass is 16.5. The molecule has 142 valence electrons. The number of aromatic nitrogens is 2. The Morgan fingerprint density at radius 1 is 1.07 bits per heavy atom. The highest BCUT2D eigenvalue weighted by Crippen LogP contribution is 2.40. The Balaban J connectivity index is 1.39. The number of pyridine rings is 2. The molecule has 2 N–H and O–H groups in total. The van der Waals surface area contributed by atoms with Crippen LogP contribution in [0.5, 0.6) is 5.75 Å². The second-order valence-corrected chi connectivity index (χ2v) is 7.71. The zero-order chi connectivity index (χ0) is 19.1. The molecule has 5 rings (SSSR count). The number of nitrogens with zero attached hydrogens (tertiary/aromatic N) is 3. The minimum Gasteiger partial charge on any atom is -0.487 e. The largest absolute Gasteiger partial charge is 0.487 e. The van der Waals surface area contributed by atoms with Gasteiger partial charge in [0.1, 0.15) is 11.4 Å². The third-order valence-corrected chi connectivity index (χ3v) is 6.01. The third kappa shape index (κ3) is 2.95. The molecule has 0 saturated carbocycles. The molecule has 0 atom stereocenters. The fourth-order valence-corrected chi connectivity index (χ4v) is 4.31. The molecule has 0 bridgehead atoms. The van der Waals surface area contributed by atoms with E-state index in [-0.39, 0.29) is 11.6 Å². The normalized spacial score (nSPS) is 17.9. The van der Waals surface area contributed by atoms with E-state index in [0.717, 1.165) is 53.6 Å². The van der Waals surface area contributed by atoms with Gasteiger partial charge in [-0.1, -0.05) is 6.07 Å². The van der Waals surface area contributed by atoms with E-state index in [1.165, 1.54) is 5.56 Å². The summed E-state index contributed by atoms with van der Waals surface area (Å²) in [6, 6.07) is 12.1. The minimum absolute atomic E-state index is 0.170. The van der Waals surface area contributed by atoms with Crippen molar-refractivity contribution in [2.75, 3.05) is 13.1 Å². The molecular formula is C22H22N4O2. The lowest BCUT2D eigenvalue weighted by molar-refractivity contribution is -0.00471. The van der Waals surface area contributed by atoms with E-state index in [2.05, 4.69) is 34.2 Å². The maximum absolute atomic E-state index is 11.4. The van der Waals surface area contributed by atoms with Gasteiger partial charge in [0.15, 0.2) is 5.65 Å². The van der Waals surface area contributed by atoms with Gasteiger partial charge in [-0.05, 0) is 54.3 Å². The molecule has 0 unspecified atom stereocenters. The monoisotopic (exact) mass is 374 g/mol. The van der Waals surface area contributed by atoms with Crippen LogP contribution < -0.4 is 10.5 Å². The van der Waals surface area contributed by atoms with Crippen molar-refractivity contribution in [1.82, 2.24) is 14.9 Å². The Morgan fingerprint density at radius 2 is 1.93 bits per heavy atom. The number of primary amides is 1. The summed E-state index contributed by atoms with van der Waals surface area (Å²) in [4.78, 5) is 21.8. The molecule has 1 aromatic carbocycles. The highest BCUT2D eigenvalue weighted by molar-refractivity contribution is 5.81. The summed E-state index contributed by atoms with van der Waals surface area (Å²) in [5.41, 5.74) is 9.45. The molecule has 0 aliphatic carbocycles. The number of carbonyl (C=O) groups is 1. The SMILES string of the molecule is NC(=O)N1CCC2(CCc3cc(-c4cnc5ncccc5c4)ccc3O2)CC1. The molecule has 28 heavy (non-hydrogen) atoms. The number of piperidine rings is 1. The molecule has 1 fully saturated rings. The van der Waals surface area contributed by atoms with Gasteiger partial charge in [-0.2, -0.15) is 0 Å². The standard InChI is InChI=1S/C22H22N4O2/c23-21(27)26-10-7-22(8-11-26)6-5-16-12-15(3-4-19(16)28-22)18-13-17-2-1-9-24-20(17)25-14-18/h1-4,9,12-14H,5-8,10-11H2,(H2,23,27). The van der Waals surface area contributed by atoms with Crippen LogP contribution in [-0.2, 0) is 6.42 Å². The summed E-state index contributed by atoms with van der Waals surface area (Å²) in [6.45, 7) is 1.33. The number of fused-ring (bicyclic) bond motifs is 2. The Kier molecular flexibility index (Phi) is 3.93. The van der Waals surface area contributed by atoms with E-state index in [9.17, 15) is 4.79 Å². The van der Waals surface area contributed by atoms with Gasteiger partial charge in [0.2, 0.25) is 0 Å². The molecule has 0 radical (unpaired) electrons. The van der Waals surface area contributed by atoms with Crippen LogP contribution in [0.2, 0.25) is 0 Å². The van der Waals surface area contributed by atoms with Crippen molar-refractivity contribution in [2.45, 2.75) is 31.3 Å². The van der Waals surface area contributed by atoms with Gasteiger partial charge in [0.05, 0.1) is 0 Å². The first-order chi connectivity index (χ1) is 13.6. The van der Waals surface area contributed by atoms with Gasteiger partial charge in [-0.15, -0.1) is 0 Å². The van der Waals surface area contributed by atoms with Gasteiger partial charge in [0.25, 0.3) is 0 Å². The first-order valence-electron chi connectivity index (χ1n) is 9.69. The zero-order valence-electron chi connectivity index (χ0n) is 15.6. The second kappa shape index (κ2) is 6.48. The highest BCUT2D eigenvalue weighted by Gasteiger charge is 2.40. The predicted octanol–water partition coefficient (Wildman–Crippen LogP) is 3.54. The van der Waals surface area contributed by atoms with Crippen LogP contribution in [0.4, 0.5) is 4.79 Å². The number of aryl methyl sites for hydroxylation is 1. The van der Waals surface area contributed by atoms with Crippen LogP contribution in [0.3, 0.4) is 0 Å². The van der Waals surface area contributed by atoms with Gasteiger partial charge < -0.3 is 15.4 Å². The molecule has 2 amide bonds. The maximum Gasteiger partial charge on any atom is 0.314 e. The molecule has 4 heterocycles.